The maximum atomic E-state index is 7.50. The molecule has 0 saturated carbocycles. The largest absolute Gasteiger partial charge is 0.358 e. The van der Waals surface area contributed by atoms with E-state index in [9.17, 15) is 0 Å². The zero-order valence-corrected chi connectivity index (χ0v) is 9.29. The van der Waals surface area contributed by atoms with Gasteiger partial charge in [0.15, 0.2) is 0 Å². The Morgan fingerprint density at radius 2 is 1.18 bits per heavy atom. The Kier molecular flexibility index (Phi) is 69.3. The van der Waals surface area contributed by atoms with Crippen molar-refractivity contribution in [1.29, 1.82) is 0 Å². The van der Waals surface area contributed by atoms with E-state index in [2.05, 4.69) is 19.5 Å². The normalized spacial score (nSPS) is 8.36. The Morgan fingerprint density at radius 3 is 1.27 bits per heavy atom. The van der Waals surface area contributed by atoms with E-state index < -0.39 is 0 Å². The van der Waals surface area contributed by atoms with Gasteiger partial charge >= 0.3 is 11.3 Å². The fraction of sp³-hybridized carbons (Fsp3) is 0. The van der Waals surface area contributed by atoms with Gasteiger partial charge in [-0.2, -0.15) is 0 Å². The first-order valence-corrected chi connectivity index (χ1v) is 2.20. The standard InChI is InChI=1S/C5H5.C2H2.CO.CH3.W/c1-2-4-5-3-1;2*1-2;;/h1-5H;1-2H;;1H3;/q;;;-1;. The average Bonchev–Trinajstić information content (AvgIpc) is 2.51. The minimum atomic E-state index is 0. The van der Waals surface area contributed by atoms with Crippen molar-refractivity contribution in [3.63, 3.8) is 0 Å². The van der Waals surface area contributed by atoms with Crippen LogP contribution in [0, 0.1) is 33.3 Å². The number of hydrogen-bond acceptors (Lipinski definition) is 0. The molecule has 1 radical (unpaired) electrons. The van der Waals surface area contributed by atoms with Crippen LogP contribution in [0.2, 0.25) is 0 Å². The molecule has 2 heteroatoms. The smallest absolute Gasteiger partial charge is 0.00506 e. The molecule has 1 aliphatic carbocycles. The summed E-state index contributed by atoms with van der Waals surface area (Å²) in [4.78, 5) is 0. The van der Waals surface area contributed by atoms with E-state index >= 15 is 0 Å². The summed E-state index contributed by atoms with van der Waals surface area (Å²) >= 11 is 0. The van der Waals surface area contributed by atoms with Gasteiger partial charge in [-0.15, -0.1) is 12.8 Å². The predicted molar refractivity (Wildman–Crippen MR) is 42.8 cm³/mol. The molecule has 1 rings (SSSR count). The van der Waals surface area contributed by atoms with Gasteiger partial charge in [-0.1, -0.05) is 24.3 Å². The van der Waals surface area contributed by atoms with Gasteiger partial charge in [0.05, 0.1) is 0 Å². The maximum Gasteiger partial charge on any atom is 0.00506 e. The fourth-order valence-corrected chi connectivity index (χ4v) is 0.321. The second kappa shape index (κ2) is 34.0. The second-order valence-electron chi connectivity index (χ2n) is 0.962. The second-order valence-corrected chi connectivity index (χ2v) is 0.962. The van der Waals surface area contributed by atoms with Crippen molar-refractivity contribution in [3.05, 3.63) is 44.8 Å². The summed E-state index contributed by atoms with van der Waals surface area (Å²) < 4.78 is 7.50. The maximum absolute atomic E-state index is 7.50. The third-order valence-corrected chi connectivity index (χ3v) is 0.556. The van der Waals surface area contributed by atoms with Crippen molar-refractivity contribution in [2.24, 2.45) is 0 Å². The quantitative estimate of drug-likeness (QED) is 0.370. The SMILES string of the molecule is C#C.[C-]#[O+].[CH3-].[CH]1C=CC=C1.[W]. The summed E-state index contributed by atoms with van der Waals surface area (Å²) in [5, 5.41) is 0. The van der Waals surface area contributed by atoms with Crippen LogP contribution in [-0.2, 0) is 25.7 Å². The molecule has 1 nitrogen and oxygen atoms in total. The van der Waals surface area contributed by atoms with E-state index in [0.29, 0.717) is 0 Å². The molecule has 59 valence electrons. The Labute approximate surface area is 83.6 Å². The monoisotopic (exact) mass is 318 g/mol. The molecule has 0 saturated heterocycles. The summed E-state index contributed by atoms with van der Waals surface area (Å²) in [6.07, 6.45) is 18.0. The van der Waals surface area contributed by atoms with Crippen LogP contribution in [0.1, 0.15) is 0 Å². The van der Waals surface area contributed by atoms with Gasteiger partial charge in [0.25, 0.3) is 0 Å². The van der Waals surface area contributed by atoms with E-state index in [1.165, 1.54) is 0 Å². The van der Waals surface area contributed by atoms with Gasteiger partial charge in [-0.05, 0) is 0 Å². The van der Waals surface area contributed by atoms with Gasteiger partial charge in [-0.3, -0.25) is 0 Å². The van der Waals surface area contributed by atoms with E-state index in [1.807, 2.05) is 30.7 Å². The van der Waals surface area contributed by atoms with E-state index in [-0.39, 0.29) is 28.5 Å². The van der Waals surface area contributed by atoms with Crippen LogP contribution in [-0.4, -0.2) is 0 Å². The molecule has 0 atom stereocenters. The van der Waals surface area contributed by atoms with E-state index in [0.717, 1.165) is 0 Å². The number of hydrogen-bond donors (Lipinski definition) is 0. The third kappa shape index (κ3) is 26.5. The van der Waals surface area contributed by atoms with Crippen LogP contribution in [0.15, 0.2) is 24.3 Å². The number of terminal acetylenes is 1. The molecular weight excluding hydrogens is 308 g/mol. The molecule has 0 aromatic heterocycles. The van der Waals surface area contributed by atoms with Crippen molar-refractivity contribution < 1.29 is 25.7 Å². The van der Waals surface area contributed by atoms with Crippen LogP contribution in [0.4, 0.5) is 0 Å². The predicted octanol–water partition coefficient (Wildman–Crippen LogP) is 1.98. The fourth-order valence-electron chi connectivity index (χ4n) is 0.321. The first kappa shape index (κ1) is 22.4. The molecule has 0 aromatic carbocycles. The van der Waals surface area contributed by atoms with Crippen molar-refractivity contribution in [2.45, 2.75) is 0 Å². The number of allylic oxidation sites excluding steroid dienone is 4. The molecule has 0 fully saturated rings. The van der Waals surface area contributed by atoms with Crippen LogP contribution >= 0.6 is 0 Å². The molecule has 0 aliphatic heterocycles. The van der Waals surface area contributed by atoms with E-state index in [4.69, 9.17) is 4.65 Å². The summed E-state index contributed by atoms with van der Waals surface area (Å²) in [6, 6.07) is 0. The zero-order chi connectivity index (χ0) is 7.54. The van der Waals surface area contributed by atoms with Crippen molar-refractivity contribution in [1.82, 2.24) is 0 Å². The van der Waals surface area contributed by atoms with Crippen molar-refractivity contribution >= 4 is 0 Å². The Morgan fingerprint density at radius 1 is 0.909 bits per heavy atom. The van der Waals surface area contributed by atoms with Gasteiger partial charge in [-0.25, -0.2) is 0 Å². The molecule has 0 heterocycles. The minimum absolute atomic E-state index is 0. The molecule has 0 unspecified atom stereocenters. The molecule has 11 heavy (non-hydrogen) atoms. The minimum Gasteiger partial charge on any atom is -0.358 e. The molecular formula is C9H10OW-. The summed E-state index contributed by atoms with van der Waals surface area (Å²) in [5.74, 6) is 0. The molecule has 1 aliphatic rings. The van der Waals surface area contributed by atoms with Gasteiger partial charge < -0.3 is 7.43 Å². The Bertz CT molecular complexity index is 115. The van der Waals surface area contributed by atoms with Gasteiger partial charge in [0.2, 0.25) is 0 Å². The molecule has 0 aromatic rings. The molecule has 0 amide bonds. The summed E-state index contributed by atoms with van der Waals surface area (Å²) in [5.41, 5.74) is 0. The van der Waals surface area contributed by atoms with Crippen LogP contribution in [0.25, 0.3) is 0 Å². The average molecular weight is 318 g/mol. The molecule has 0 spiro atoms. The summed E-state index contributed by atoms with van der Waals surface area (Å²) in [6.45, 7) is 4.50. The van der Waals surface area contributed by atoms with Crippen molar-refractivity contribution in [2.75, 3.05) is 0 Å². The van der Waals surface area contributed by atoms with Crippen LogP contribution in [0.5, 0.6) is 0 Å². The summed E-state index contributed by atoms with van der Waals surface area (Å²) in [7, 11) is 0. The topological polar surface area (TPSA) is 19.9 Å². The first-order valence-electron chi connectivity index (χ1n) is 2.20. The number of rotatable bonds is 0. The Balaban J connectivity index is -0.0000000369. The van der Waals surface area contributed by atoms with Gasteiger partial charge in [0, 0.05) is 27.5 Å². The Hall–Kier alpha value is -0.532. The van der Waals surface area contributed by atoms with E-state index in [1.54, 1.807) is 0 Å². The van der Waals surface area contributed by atoms with Crippen molar-refractivity contribution in [3.8, 4) is 12.8 Å². The zero-order valence-electron chi connectivity index (χ0n) is 6.36. The van der Waals surface area contributed by atoms with Gasteiger partial charge in [0.1, 0.15) is 0 Å². The molecule has 0 bridgehead atoms. The van der Waals surface area contributed by atoms with Crippen LogP contribution in [0.3, 0.4) is 0 Å². The molecule has 0 N–H and O–H groups in total. The first-order chi connectivity index (χ1) is 4.50. The third-order valence-electron chi connectivity index (χ3n) is 0.556. The van der Waals surface area contributed by atoms with Crippen LogP contribution < -0.4 is 0 Å².